The average molecular weight is 310 g/mol. The largest absolute Gasteiger partial charge is 0.377 e. The van der Waals surface area contributed by atoms with Crippen LogP contribution in [-0.4, -0.2) is 78.4 Å². The van der Waals surface area contributed by atoms with Gasteiger partial charge in [-0.05, 0) is 6.08 Å². The van der Waals surface area contributed by atoms with Gasteiger partial charge in [0.25, 0.3) is 11.8 Å². The molecule has 1 atom stereocenters. The van der Waals surface area contributed by atoms with Crippen LogP contribution in [0.5, 0.6) is 0 Å². The lowest BCUT2D eigenvalue weighted by Crippen LogP contribution is -2.36. The number of aliphatic hydroxyl groups excluding tert-OH is 1. The molecule has 0 fully saturated rings. The Morgan fingerprint density at radius 3 is 2.00 bits per heavy atom. The maximum absolute atomic E-state index is 11.3. The summed E-state index contributed by atoms with van der Waals surface area (Å²) in [6.07, 6.45) is 4.32. The van der Waals surface area contributed by atoms with Crippen molar-refractivity contribution in [1.82, 2.24) is 9.80 Å². The number of imide groups is 1. The Labute approximate surface area is 127 Å². The van der Waals surface area contributed by atoms with Crippen molar-refractivity contribution in [2.75, 3.05) is 39.5 Å². The second-order valence-corrected chi connectivity index (χ2v) is 4.69. The van der Waals surface area contributed by atoms with Crippen LogP contribution in [0.4, 0.5) is 0 Å². The summed E-state index contributed by atoms with van der Waals surface area (Å²) in [4.78, 5) is 36.2. The van der Waals surface area contributed by atoms with Gasteiger partial charge < -0.3 is 19.5 Å². The number of carbonyl (C=O) groups is 3. The first-order valence-electron chi connectivity index (χ1n) is 6.95. The average Bonchev–Trinajstić information content (AvgIpc) is 2.98. The molecule has 2 heterocycles. The molecule has 0 spiro atoms. The van der Waals surface area contributed by atoms with E-state index < -0.39 is 6.23 Å². The molecule has 0 radical (unpaired) electrons. The Bertz CT molecular complexity index is 484. The molecule has 0 aromatic heterocycles. The van der Waals surface area contributed by atoms with Crippen molar-refractivity contribution in [3.05, 3.63) is 24.3 Å². The van der Waals surface area contributed by atoms with Crippen molar-refractivity contribution < 1.29 is 29.0 Å². The number of amides is 3. The Morgan fingerprint density at radius 2 is 1.45 bits per heavy atom. The number of hydrogen-bond acceptors (Lipinski definition) is 6. The highest BCUT2D eigenvalue weighted by molar-refractivity contribution is 6.12. The highest BCUT2D eigenvalue weighted by Crippen LogP contribution is 2.07. The van der Waals surface area contributed by atoms with Gasteiger partial charge in [-0.25, -0.2) is 0 Å². The summed E-state index contributed by atoms with van der Waals surface area (Å²) in [5, 5.41) is 9.45. The number of nitrogens with zero attached hydrogens (tertiary/aromatic N) is 2. The van der Waals surface area contributed by atoms with Crippen LogP contribution in [0.1, 0.15) is 0 Å². The maximum atomic E-state index is 11.3. The molecule has 2 aliphatic heterocycles. The fraction of sp³-hybridized carbons (Fsp3) is 0.500. The quantitative estimate of drug-likeness (QED) is 0.418. The number of aliphatic hydroxyl groups is 1. The van der Waals surface area contributed by atoms with Gasteiger partial charge in [0, 0.05) is 24.8 Å². The zero-order chi connectivity index (χ0) is 15.9. The van der Waals surface area contributed by atoms with Crippen molar-refractivity contribution in [3.63, 3.8) is 0 Å². The van der Waals surface area contributed by atoms with E-state index in [0.29, 0.717) is 26.4 Å². The molecule has 22 heavy (non-hydrogen) atoms. The lowest BCUT2D eigenvalue weighted by atomic mass is 10.5. The third-order valence-corrected chi connectivity index (χ3v) is 3.22. The van der Waals surface area contributed by atoms with Crippen LogP contribution in [0.3, 0.4) is 0 Å². The molecule has 1 unspecified atom stereocenters. The molecule has 3 amide bonds. The van der Waals surface area contributed by atoms with E-state index in [0.717, 1.165) is 4.90 Å². The van der Waals surface area contributed by atoms with Gasteiger partial charge in [0.2, 0.25) is 5.91 Å². The molecule has 0 saturated heterocycles. The number of ether oxygens (including phenoxy) is 2. The van der Waals surface area contributed by atoms with E-state index >= 15 is 0 Å². The Hall–Kier alpha value is -2.03. The van der Waals surface area contributed by atoms with Crippen LogP contribution >= 0.6 is 0 Å². The molecular weight excluding hydrogens is 292 g/mol. The minimum absolute atomic E-state index is 0.213. The first kappa shape index (κ1) is 16.3. The van der Waals surface area contributed by atoms with E-state index in [1.165, 1.54) is 29.2 Å². The van der Waals surface area contributed by atoms with Crippen LogP contribution in [0.25, 0.3) is 0 Å². The van der Waals surface area contributed by atoms with E-state index in [4.69, 9.17) is 9.47 Å². The van der Waals surface area contributed by atoms with Crippen molar-refractivity contribution in [2.24, 2.45) is 0 Å². The summed E-state index contributed by atoms with van der Waals surface area (Å²) in [5.41, 5.74) is 0. The molecule has 2 rings (SSSR count). The molecule has 0 bridgehead atoms. The minimum Gasteiger partial charge on any atom is -0.377 e. The van der Waals surface area contributed by atoms with Gasteiger partial charge in [-0.2, -0.15) is 0 Å². The molecule has 0 aliphatic carbocycles. The van der Waals surface area contributed by atoms with Crippen LogP contribution in [0.15, 0.2) is 24.3 Å². The van der Waals surface area contributed by atoms with Crippen LogP contribution < -0.4 is 0 Å². The fourth-order valence-electron chi connectivity index (χ4n) is 2.03. The molecule has 0 aromatic carbocycles. The smallest absolute Gasteiger partial charge is 0.253 e. The first-order chi connectivity index (χ1) is 10.6. The van der Waals surface area contributed by atoms with E-state index in [9.17, 15) is 19.5 Å². The normalized spacial score (nSPS) is 20.8. The van der Waals surface area contributed by atoms with Gasteiger partial charge in [-0.1, -0.05) is 0 Å². The minimum atomic E-state index is -0.878. The summed E-state index contributed by atoms with van der Waals surface area (Å²) in [6, 6.07) is 0. The molecule has 2 aliphatic rings. The van der Waals surface area contributed by atoms with E-state index in [-0.39, 0.29) is 30.9 Å². The molecule has 0 saturated carbocycles. The fourth-order valence-corrected chi connectivity index (χ4v) is 2.03. The van der Waals surface area contributed by atoms with Crippen LogP contribution in [-0.2, 0) is 23.9 Å². The van der Waals surface area contributed by atoms with Crippen LogP contribution in [0, 0.1) is 0 Å². The van der Waals surface area contributed by atoms with Gasteiger partial charge >= 0.3 is 0 Å². The molecule has 8 heteroatoms. The summed E-state index contributed by atoms with van der Waals surface area (Å²) in [5.74, 6) is -0.888. The maximum Gasteiger partial charge on any atom is 0.253 e. The zero-order valence-electron chi connectivity index (χ0n) is 12.0. The summed E-state index contributed by atoms with van der Waals surface area (Å²) < 4.78 is 10.6. The second-order valence-electron chi connectivity index (χ2n) is 4.69. The first-order valence-corrected chi connectivity index (χ1v) is 6.95. The Balaban J connectivity index is 1.46. The van der Waals surface area contributed by atoms with E-state index in [2.05, 4.69) is 0 Å². The van der Waals surface area contributed by atoms with Crippen molar-refractivity contribution >= 4 is 17.7 Å². The third-order valence-electron chi connectivity index (χ3n) is 3.22. The third kappa shape index (κ3) is 4.23. The Kier molecular flexibility index (Phi) is 5.82. The Morgan fingerprint density at radius 1 is 0.864 bits per heavy atom. The zero-order valence-corrected chi connectivity index (χ0v) is 12.0. The highest BCUT2D eigenvalue weighted by atomic mass is 16.5. The van der Waals surface area contributed by atoms with Gasteiger partial charge in [-0.3, -0.25) is 19.3 Å². The molecule has 1 N–H and O–H groups in total. The van der Waals surface area contributed by atoms with Crippen molar-refractivity contribution in [2.45, 2.75) is 6.23 Å². The molecular formula is C14H18N2O6. The highest BCUT2D eigenvalue weighted by Gasteiger charge is 2.23. The van der Waals surface area contributed by atoms with Crippen molar-refractivity contribution in [3.8, 4) is 0 Å². The van der Waals surface area contributed by atoms with Gasteiger partial charge in [-0.15, -0.1) is 0 Å². The second kappa shape index (κ2) is 7.83. The SMILES string of the molecule is O=C1C=CC(=O)N1CCOCCOCCN1C(=O)C=CC1O. The van der Waals surface area contributed by atoms with Gasteiger partial charge in [0.1, 0.15) is 6.23 Å². The van der Waals surface area contributed by atoms with E-state index in [1.807, 2.05) is 0 Å². The molecule has 8 nitrogen and oxygen atoms in total. The predicted molar refractivity (Wildman–Crippen MR) is 74.4 cm³/mol. The van der Waals surface area contributed by atoms with E-state index in [1.54, 1.807) is 0 Å². The van der Waals surface area contributed by atoms with Crippen molar-refractivity contribution in [1.29, 1.82) is 0 Å². The van der Waals surface area contributed by atoms with Crippen LogP contribution in [0.2, 0.25) is 0 Å². The summed E-state index contributed by atoms with van der Waals surface area (Å²) >= 11 is 0. The summed E-state index contributed by atoms with van der Waals surface area (Å²) in [6.45, 7) is 1.70. The molecule has 0 aromatic rings. The number of hydrogen-bond donors (Lipinski definition) is 1. The lowest BCUT2D eigenvalue weighted by molar-refractivity contribution is -0.138. The predicted octanol–water partition coefficient (Wildman–Crippen LogP) is -1.34. The standard InChI is InChI=1S/C14H18N2O6/c17-11-1-2-12(18)15(11)5-7-21-9-10-22-8-6-16-13(19)3-4-14(16)20/h1-4,11,17H,5-10H2. The monoisotopic (exact) mass is 310 g/mol. The lowest BCUT2D eigenvalue weighted by Gasteiger charge is -2.20. The molecule has 120 valence electrons. The summed E-state index contributed by atoms with van der Waals surface area (Å²) in [7, 11) is 0. The number of rotatable bonds is 9. The van der Waals surface area contributed by atoms with Gasteiger partial charge in [0.15, 0.2) is 0 Å². The number of carbonyl (C=O) groups excluding carboxylic acids is 3. The topological polar surface area (TPSA) is 96.4 Å². The van der Waals surface area contributed by atoms with Gasteiger partial charge in [0.05, 0.1) is 33.0 Å².